The summed E-state index contributed by atoms with van der Waals surface area (Å²) in [4.78, 5) is 0. The third-order valence-electron chi connectivity index (χ3n) is 1.23. The second-order valence-electron chi connectivity index (χ2n) is 1.93. The third kappa shape index (κ3) is 1.01. The maximum absolute atomic E-state index is 5.45. The summed E-state index contributed by atoms with van der Waals surface area (Å²) in [5, 5.41) is 4.08. The maximum Gasteiger partial charge on any atom is 0.295 e. The zero-order valence-electron chi connectivity index (χ0n) is 5.70. The molecule has 0 aromatic carbocycles. The molecule has 0 saturated heterocycles. The van der Waals surface area contributed by atoms with Crippen LogP contribution in [0.25, 0.3) is 0 Å². The SMILES string of the molecule is CCn1c[n+](N)c(C)n1. The average molecular weight is 127 g/mol. The van der Waals surface area contributed by atoms with E-state index < -0.39 is 0 Å². The molecule has 4 nitrogen and oxygen atoms in total. The molecule has 50 valence electrons. The molecule has 0 fully saturated rings. The topological polar surface area (TPSA) is 47.7 Å². The predicted molar refractivity (Wildman–Crippen MR) is 33.0 cm³/mol. The van der Waals surface area contributed by atoms with Gasteiger partial charge in [-0.1, -0.05) is 0 Å². The molecular weight excluding hydrogens is 116 g/mol. The van der Waals surface area contributed by atoms with Crippen LogP contribution in [0.1, 0.15) is 12.7 Å². The summed E-state index contributed by atoms with van der Waals surface area (Å²) in [5.74, 6) is 6.28. The second-order valence-corrected chi connectivity index (χ2v) is 1.93. The molecule has 0 aliphatic carbocycles. The van der Waals surface area contributed by atoms with Crippen molar-refractivity contribution >= 4 is 0 Å². The molecule has 4 heteroatoms. The van der Waals surface area contributed by atoms with Gasteiger partial charge in [0.2, 0.25) is 6.33 Å². The van der Waals surface area contributed by atoms with Crippen molar-refractivity contribution in [2.45, 2.75) is 20.4 Å². The van der Waals surface area contributed by atoms with E-state index >= 15 is 0 Å². The Morgan fingerprint density at radius 3 is 2.78 bits per heavy atom. The summed E-state index contributed by atoms with van der Waals surface area (Å²) in [5.41, 5.74) is 0. The van der Waals surface area contributed by atoms with Crippen LogP contribution in [0.15, 0.2) is 6.33 Å². The van der Waals surface area contributed by atoms with Crippen LogP contribution in [0.4, 0.5) is 0 Å². The Balaban J connectivity index is 2.98. The van der Waals surface area contributed by atoms with E-state index in [1.807, 2.05) is 13.8 Å². The first kappa shape index (κ1) is 6.07. The number of hydrogen-bond donors (Lipinski definition) is 1. The van der Waals surface area contributed by atoms with Crippen molar-refractivity contribution in [3.05, 3.63) is 12.2 Å². The molecular formula is C5H11N4+. The first-order chi connectivity index (χ1) is 4.24. The summed E-state index contributed by atoms with van der Waals surface area (Å²) in [6.07, 6.45) is 1.76. The number of rotatable bonds is 1. The Morgan fingerprint density at radius 2 is 2.56 bits per heavy atom. The van der Waals surface area contributed by atoms with Crippen molar-refractivity contribution in [1.82, 2.24) is 9.78 Å². The molecule has 0 bridgehead atoms. The fourth-order valence-electron chi connectivity index (χ4n) is 0.643. The van der Waals surface area contributed by atoms with Crippen molar-refractivity contribution in [1.29, 1.82) is 0 Å². The minimum Gasteiger partial charge on any atom is -0.289 e. The van der Waals surface area contributed by atoms with Gasteiger partial charge in [-0.05, 0) is 6.92 Å². The summed E-state index contributed by atoms with van der Waals surface area (Å²) >= 11 is 0. The van der Waals surface area contributed by atoms with Gasteiger partial charge < -0.3 is 0 Å². The van der Waals surface area contributed by atoms with Crippen LogP contribution in [0, 0.1) is 6.92 Å². The van der Waals surface area contributed by atoms with E-state index in [4.69, 9.17) is 5.84 Å². The number of nitrogens with zero attached hydrogens (tertiary/aromatic N) is 3. The summed E-state index contributed by atoms with van der Waals surface area (Å²) in [6, 6.07) is 0. The molecule has 1 aromatic rings. The summed E-state index contributed by atoms with van der Waals surface area (Å²) < 4.78 is 3.29. The van der Waals surface area contributed by atoms with E-state index in [0.717, 1.165) is 12.4 Å². The molecule has 1 heterocycles. The van der Waals surface area contributed by atoms with Crippen molar-refractivity contribution < 1.29 is 4.68 Å². The monoisotopic (exact) mass is 127 g/mol. The molecule has 0 unspecified atom stereocenters. The first-order valence-electron chi connectivity index (χ1n) is 2.95. The van der Waals surface area contributed by atoms with Crippen molar-refractivity contribution in [3.63, 3.8) is 0 Å². The maximum atomic E-state index is 5.45. The molecule has 0 spiro atoms. The normalized spacial score (nSPS) is 10.0. The molecule has 2 N–H and O–H groups in total. The van der Waals surface area contributed by atoms with Gasteiger partial charge in [-0.25, -0.2) is 0 Å². The van der Waals surface area contributed by atoms with Gasteiger partial charge in [0, 0.05) is 12.0 Å². The Labute approximate surface area is 53.9 Å². The average Bonchev–Trinajstić information content (AvgIpc) is 2.13. The number of nitrogen functional groups attached to an aromatic ring is 1. The standard InChI is InChI=1S/C5H11N4/c1-3-8-4-9(6)5(2)7-8/h4H,3,6H2,1-2H3/q+1. The van der Waals surface area contributed by atoms with Crippen LogP contribution < -0.4 is 10.5 Å². The molecule has 0 aliphatic heterocycles. The van der Waals surface area contributed by atoms with Gasteiger partial charge >= 0.3 is 0 Å². The minimum absolute atomic E-state index is 0.830. The predicted octanol–water partition coefficient (Wildman–Crippen LogP) is -0.787. The molecule has 0 saturated carbocycles. The number of aryl methyl sites for hydroxylation is 2. The van der Waals surface area contributed by atoms with Gasteiger partial charge in [-0.15, -0.1) is 9.36 Å². The number of hydrogen-bond acceptors (Lipinski definition) is 2. The number of nitrogens with two attached hydrogens (primary N) is 1. The van der Waals surface area contributed by atoms with E-state index in [1.54, 1.807) is 11.0 Å². The highest BCUT2D eigenvalue weighted by atomic mass is 15.4. The zero-order chi connectivity index (χ0) is 6.85. The van der Waals surface area contributed by atoms with E-state index in [0.29, 0.717) is 0 Å². The lowest BCUT2D eigenvalue weighted by molar-refractivity contribution is -0.646. The van der Waals surface area contributed by atoms with Gasteiger partial charge in [-0.2, -0.15) is 0 Å². The highest BCUT2D eigenvalue weighted by molar-refractivity contribution is 4.62. The lowest BCUT2D eigenvalue weighted by Gasteiger charge is -1.78. The van der Waals surface area contributed by atoms with Crippen molar-refractivity contribution in [2.24, 2.45) is 0 Å². The van der Waals surface area contributed by atoms with Gasteiger partial charge in [0.05, 0.1) is 0 Å². The van der Waals surface area contributed by atoms with Crippen LogP contribution >= 0.6 is 0 Å². The molecule has 9 heavy (non-hydrogen) atoms. The Kier molecular flexibility index (Phi) is 1.38. The fourth-order valence-corrected chi connectivity index (χ4v) is 0.643. The lowest BCUT2D eigenvalue weighted by atomic mass is 10.7. The highest BCUT2D eigenvalue weighted by Crippen LogP contribution is 1.79. The Morgan fingerprint density at radius 1 is 1.89 bits per heavy atom. The summed E-state index contributed by atoms with van der Waals surface area (Å²) in [6.45, 7) is 4.75. The van der Waals surface area contributed by atoms with Crippen LogP contribution in [0.2, 0.25) is 0 Å². The van der Waals surface area contributed by atoms with Crippen LogP contribution in [-0.4, -0.2) is 9.78 Å². The smallest absolute Gasteiger partial charge is 0.289 e. The van der Waals surface area contributed by atoms with Crippen molar-refractivity contribution in [2.75, 3.05) is 5.84 Å². The third-order valence-corrected chi connectivity index (χ3v) is 1.23. The summed E-state index contributed by atoms with van der Waals surface area (Å²) in [7, 11) is 0. The molecule has 1 aromatic heterocycles. The van der Waals surface area contributed by atoms with Crippen molar-refractivity contribution in [3.8, 4) is 0 Å². The van der Waals surface area contributed by atoms with Gasteiger partial charge in [0.25, 0.3) is 5.82 Å². The molecule has 0 aliphatic rings. The van der Waals surface area contributed by atoms with E-state index in [9.17, 15) is 0 Å². The van der Waals surface area contributed by atoms with Gasteiger partial charge in [0.15, 0.2) is 0 Å². The van der Waals surface area contributed by atoms with Crippen LogP contribution in [0.3, 0.4) is 0 Å². The molecule has 0 atom stereocenters. The largest absolute Gasteiger partial charge is 0.295 e. The Bertz CT molecular complexity index is 183. The van der Waals surface area contributed by atoms with Gasteiger partial charge in [-0.3, -0.25) is 5.84 Å². The van der Waals surface area contributed by atoms with E-state index in [-0.39, 0.29) is 0 Å². The van der Waals surface area contributed by atoms with E-state index in [2.05, 4.69) is 5.10 Å². The lowest BCUT2D eigenvalue weighted by Crippen LogP contribution is -2.45. The minimum atomic E-state index is 0.830. The fraction of sp³-hybridized carbons (Fsp3) is 0.600. The highest BCUT2D eigenvalue weighted by Gasteiger charge is 2.05. The molecule has 1 rings (SSSR count). The van der Waals surface area contributed by atoms with Gasteiger partial charge in [0.1, 0.15) is 6.54 Å². The first-order valence-corrected chi connectivity index (χ1v) is 2.95. The van der Waals surface area contributed by atoms with E-state index in [1.165, 1.54) is 4.68 Å². The number of aromatic nitrogens is 3. The Hall–Kier alpha value is -1.06. The quantitative estimate of drug-likeness (QED) is 0.397. The van der Waals surface area contributed by atoms with Crippen LogP contribution in [-0.2, 0) is 6.54 Å². The molecule has 0 amide bonds. The zero-order valence-corrected chi connectivity index (χ0v) is 5.70. The van der Waals surface area contributed by atoms with Crippen LogP contribution in [0.5, 0.6) is 0 Å². The molecule has 0 radical (unpaired) electrons. The second kappa shape index (κ2) is 2.05.